The number of aromatic nitrogens is 2. The highest BCUT2D eigenvalue weighted by atomic mass is 16.2. The first kappa shape index (κ1) is 23.8. The molecule has 0 unspecified atom stereocenters. The van der Waals surface area contributed by atoms with Crippen LogP contribution in [-0.4, -0.2) is 73.8 Å². The summed E-state index contributed by atoms with van der Waals surface area (Å²) in [5, 5.41) is 9.80. The smallest absolute Gasteiger partial charge is 0.229 e. The zero-order valence-electron chi connectivity index (χ0n) is 20.4. The van der Waals surface area contributed by atoms with Gasteiger partial charge in [0.05, 0.1) is 6.42 Å². The van der Waals surface area contributed by atoms with Gasteiger partial charge < -0.3 is 25.8 Å². The maximum Gasteiger partial charge on any atom is 0.229 e. The van der Waals surface area contributed by atoms with Crippen LogP contribution in [0.1, 0.15) is 18.4 Å². The van der Waals surface area contributed by atoms with Crippen molar-refractivity contribution in [2.45, 2.75) is 19.3 Å². The number of likely N-dealkylation sites (N-methyl/N-ethyl adjacent to an activating group) is 1. The summed E-state index contributed by atoms with van der Waals surface area (Å²) in [6.07, 6.45) is 6.70. The van der Waals surface area contributed by atoms with Crippen molar-refractivity contribution in [3.05, 3.63) is 60.1 Å². The number of nitrogens with zero attached hydrogens (tertiary/aromatic N) is 4. The van der Waals surface area contributed by atoms with Crippen LogP contribution in [0.4, 0.5) is 17.5 Å². The molecule has 4 rings (SSSR count). The Morgan fingerprint density at radius 3 is 2.56 bits per heavy atom. The Balaban J connectivity index is 1.37. The minimum Gasteiger partial charge on any atom is -0.375 e. The molecule has 1 aromatic carbocycles. The predicted molar refractivity (Wildman–Crippen MR) is 140 cm³/mol. The van der Waals surface area contributed by atoms with Crippen molar-refractivity contribution < 1.29 is 4.79 Å². The van der Waals surface area contributed by atoms with Gasteiger partial charge in [-0.2, -0.15) is 4.98 Å². The van der Waals surface area contributed by atoms with E-state index < -0.39 is 0 Å². The lowest BCUT2D eigenvalue weighted by Crippen LogP contribution is -2.47. The van der Waals surface area contributed by atoms with E-state index in [2.05, 4.69) is 50.5 Å². The molecular weight excluding hydrogens is 425 g/mol. The van der Waals surface area contributed by atoms with Gasteiger partial charge in [-0.25, -0.2) is 4.98 Å². The first-order valence-corrected chi connectivity index (χ1v) is 11.9. The van der Waals surface area contributed by atoms with Crippen molar-refractivity contribution in [2.75, 3.05) is 50.9 Å². The highest BCUT2D eigenvalue weighted by molar-refractivity contribution is 6.35. The maximum atomic E-state index is 12.6. The zero-order chi connectivity index (χ0) is 24.1. The van der Waals surface area contributed by atoms with Crippen LogP contribution in [0.25, 0.3) is 0 Å². The van der Waals surface area contributed by atoms with Crippen LogP contribution in [0, 0.1) is 5.92 Å². The molecule has 8 nitrogen and oxygen atoms in total. The Bertz CT molecular complexity index is 1060. The molecule has 2 aromatic rings. The van der Waals surface area contributed by atoms with E-state index in [9.17, 15) is 4.79 Å². The van der Waals surface area contributed by atoms with E-state index in [1.807, 2.05) is 44.1 Å². The van der Waals surface area contributed by atoms with E-state index in [-0.39, 0.29) is 5.91 Å². The number of piperazine rings is 1. The standard InChI is InChI=1S/C25H34BN7O/c1-17(19-6-7-19)14-22(27-2)30-24-21(26)16-28-25(31-24)29-20-8-4-18(5-9-20)15-23(34)33-12-10-32(3)11-13-33/h4-5,8-9,14,16,19,27H,1,6-7,10-13,15,26H2,2-3H3,(H2,28,29,30,31)/b22-14+. The van der Waals surface area contributed by atoms with Crippen LogP contribution in [-0.2, 0) is 11.2 Å². The fourth-order valence-electron chi connectivity index (χ4n) is 3.86. The van der Waals surface area contributed by atoms with Crippen molar-refractivity contribution >= 4 is 36.7 Å². The Hall–Kier alpha value is -3.33. The van der Waals surface area contributed by atoms with Crippen molar-refractivity contribution in [1.82, 2.24) is 25.1 Å². The number of rotatable bonds is 9. The molecule has 9 heteroatoms. The summed E-state index contributed by atoms with van der Waals surface area (Å²) in [7, 11) is 5.94. The second kappa shape index (κ2) is 10.7. The molecule has 1 aliphatic heterocycles. The first-order valence-electron chi connectivity index (χ1n) is 11.9. The fourth-order valence-corrected chi connectivity index (χ4v) is 3.86. The molecule has 178 valence electrons. The molecule has 2 heterocycles. The number of carbonyl (C=O) groups is 1. The average molecular weight is 459 g/mol. The molecule has 0 radical (unpaired) electrons. The summed E-state index contributed by atoms with van der Waals surface area (Å²) in [6.45, 7) is 7.64. The van der Waals surface area contributed by atoms with Crippen LogP contribution >= 0.6 is 0 Å². The van der Waals surface area contributed by atoms with Crippen molar-refractivity contribution in [2.24, 2.45) is 5.92 Å². The second-order valence-electron chi connectivity index (χ2n) is 9.19. The third-order valence-corrected chi connectivity index (χ3v) is 6.35. The van der Waals surface area contributed by atoms with Gasteiger partial charge in [0.25, 0.3) is 0 Å². The SMILES string of the molecule is Bc1cnc(Nc2ccc(CC(=O)N3CCN(C)CC3)cc2)nc1N/C(=C/C(=C)C1CC1)NC. The van der Waals surface area contributed by atoms with Gasteiger partial charge >= 0.3 is 0 Å². The van der Waals surface area contributed by atoms with Gasteiger partial charge in [0.2, 0.25) is 11.9 Å². The van der Waals surface area contributed by atoms with E-state index in [1.165, 1.54) is 12.8 Å². The normalized spacial score (nSPS) is 16.8. The second-order valence-corrected chi connectivity index (χ2v) is 9.19. The van der Waals surface area contributed by atoms with E-state index in [1.54, 1.807) is 6.20 Å². The van der Waals surface area contributed by atoms with Crippen molar-refractivity contribution in [3.8, 4) is 0 Å². The lowest BCUT2D eigenvalue weighted by atomic mass is 9.99. The molecule has 0 bridgehead atoms. The highest BCUT2D eigenvalue weighted by Gasteiger charge is 2.23. The minimum atomic E-state index is 0.184. The van der Waals surface area contributed by atoms with Gasteiger partial charge in [-0.05, 0) is 60.6 Å². The molecule has 0 atom stereocenters. The van der Waals surface area contributed by atoms with Crippen LogP contribution in [0.15, 0.2) is 54.5 Å². The van der Waals surface area contributed by atoms with Crippen molar-refractivity contribution in [1.29, 1.82) is 0 Å². The quantitative estimate of drug-likeness (QED) is 0.384. The van der Waals surface area contributed by atoms with Crippen molar-refractivity contribution in [3.63, 3.8) is 0 Å². The summed E-state index contributed by atoms with van der Waals surface area (Å²) < 4.78 is 0. The van der Waals surface area contributed by atoms with E-state index in [0.29, 0.717) is 18.3 Å². The molecule has 34 heavy (non-hydrogen) atoms. The summed E-state index contributed by atoms with van der Waals surface area (Å²) >= 11 is 0. The lowest BCUT2D eigenvalue weighted by Gasteiger charge is -2.32. The fraction of sp³-hybridized carbons (Fsp3) is 0.400. The summed E-state index contributed by atoms with van der Waals surface area (Å²) in [5.74, 6) is 2.89. The number of amides is 1. The number of nitrogens with one attached hydrogen (secondary N) is 3. The summed E-state index contributed by atoms with van der Waals surface area (Å²) in [5.41, 5.74) is 3.95. The number of allylic oxidation sites excluding steroid dienone is 2. The van der Waals surface area contributed by atoms with Crippen LogP contribution in [0.2, 0.25) is 0 Å². The minimum absolute atomic E-state index is 0.184. The monoisotopic (exact) mass is 459 g/mol. The lowest BCUT2D eigenvalue weighted by molar-refractivity contribution is -0.132. The molecule has 1 aromatic heterocycles. The third kappa shape index (κ3) is 6.38. The van der Waals surface area contributed by atoms with E-state index in [0.717, 1.165) is 60.1 Å². The Morgan fingerprint density at radius 2 is 1.91 bits per heavy atom. The van der Waals surface area contributed by atoms with Crippen LogP contribution in [0.3, 0.4) is 0 Å². The highest BCUT2D eigenvalue weighted by Crippen LogP contribution is 2.36. The molecule has 1 amide bonds. The summed E-state index contributed by atoms with van der Waals surface area (Å²) in [6, 6.07) is 7.88. The van der Waals surface area contributed by atoms with Gasteiger partial charge in [-0.3, -0.25) is 4.79 Å². The van der Waals surface area contributed by atoms with Gasteiger partial charge in [-0.15, -0.1) is 0 Å². The largest absolute Gasteiger partial charge is 0.375 e. The number of benzene rings is 1. The average Bonchev–Trinajstić information content (AvgIpc) is 3.68. The van der Waals surface area contributed by atoms with Gasteiger partial charge in [-0.1, -0.05) is 18.7 Å². The summed E-state index contributed by atoms with van der Waals surface area (Å²) in [4.78, 5) is 25.9. The number of anilines is 3. The first-order chi connectivity index (χ1) is 16.4. The van der Waals surface area contributed by atoms with Crippen LogP contribution < -0.4 is 21.4 Å². The van der Waals surface area contributed by atoms with Gasteiger partial charge in [0, 0.05) is 45.1 Å². The molecule has 2 aliphatic rings. The zero-order valence-corrected chi connectivity index (χ0v) is 20.4. The molecule has 0 spiro atoms. The Labute approximate surface area is 202 Å². The molecule has 1 saturated carbocycles. The maximum absolute atomic E-state index is 12.6. The third-order valence-electron chi connectivity index (χ3n) is 6.35. The Kier molecular flexibility index (Phi) is 7.52. The molecule has 2 fully saturated rings. The van der Waals surface area contributed by atoms with E-state index >= 15 is 0 Å². The topological polar surface area (TPSA) is 85.4 Å². The number of hydrogen-bond acceptors (Lipinski definition) is 7. The molecule has 1 saturated heterocycles. The molecular formula is C25H34BN7O. The molecule has 3 N–H and O–H groups in total. The Morgan fingerprint density at radius 1 is 1.21 bits per heavy atom. The predicted octanol–water partition coefficient (Wildman–Crippen LogP) is 1.23. The van der Waals surface area contributed by atoms with Gasteiger partial charge in [0.1, 0.15) is 19.5 Å². The van der Waals surface area contributed by atoms with Crippen LogP contribution in [0.5, 0.6) is 0 Å². The van der Waals surface area contributed by atoms with E-state index in [4.69, 9.17) is 0 Å². The number of carbonyl (C=O) groups excluding carboxylic acids is 1. The van der Waals surface area contributed by atoms with Gasteiger partial charge in [0.15, 0.2) is 0 Å². The molecule has 1 aliphatic carbocycles. The number of hydrogen-bond donors (Lipinski definition) is 3.